The van der Waals surface area contributed by atoms with E-state index in [-0.39, 0.29) is 39.0 Å². The average Bonchev–Trinajstić information content (AvgIpc) is 2.92. The van der Waals surface area contributed by atoms with Crippen LogP contribution in [0.3, 0.4) is 0 Å². The smallest absolute Gasteiger partial charge is 0.264 e. The van der Waals surface area contributed by atoms with E-state index in [0.717, 1.165) is 15.4 Å². The van der Waals surface area contributed by atoms with Crippen LogP contribution in [0.1, 0.15) is 38.3 Å². The Balaban J connectivity index is 2.08. The Morgan fingerprint density at radius 1 is 0.950 bits per heavy atom. The Labute approximate surface area is 247 Å². The van der Waals surface area contributed by atoms with Gasteiger partial charge in [0.2, 0.25) is 11.8 Å². The van der Waals surface area contributed by atoms with Gasteiger partial charge in [-0.2, -0.15) is 0 Å². The summed E-state index contributed by atoms with van der Waals surface area (Å²) in [6.45, 7) is 7.72. The standard InChI is InChI=1S/C30H35Cl2N3O4S/c1-5-27(30(37)33-18-21(2)3)34(19-23-11-9-10-22(4)16-23)29(36)20-35(28-17-24(31)14-15-26(28)32)40(38,39)25-12-7-6-8-13-25/h6-17,21,27H,5,18-20H2,1-4H3,(H,33,37)/t27-/m0/s1. The molecule has 214 valence electrons. The molecule has 10 heteroatoms. The van der Waals surface area contributed by atoms with E-state index in [0.29, 0.717) is 13.0 Å². The Kier molecular flexibility index (Phi) is 11.0. The highest BCUT2D eigenvalue weighted by Gasteiger charge is 2.34. The molecule has 0 aliphatic rings. The van der Waals surface area contributed by atoms with Crippen LogP contribution in [-0.4, -0.2) is 44.3 Å². The summed E-state index contributed by atoms with van der Waals surface area (Å²) in [6.07, 6.45) is 0.338. The summed E-state index contributed by atoms with van der Waals surface area (Å²) >= 11 is 12.7. The van der Waals surface area contributed by atoms with E-state index in [2.05, 4.69) is 5.32 Å². The molecule has 0 bridgehead atoms. The number of aryl methyl sites for hydroxylation is 1. The molecule has 0 fully saturated rings. The summed E-state index contributed by atoms with van der Waals surface area (Å²) < 4.78 is 28.7. The largest absolute Gasteiger partial charge is 0.354 e. The Morgan fingerprint density at radius 2 is 1.65 bits per heavy atom. The highest BCUT2D eigenvalue weighted by Crippen LogP contribution is 2.33. The number of halogens is 2. The number of rotatable bonds is 12. The number of hydrogen-bond acceptors (Lipinski definition) is 4. The number of benzene rings is 3. The predicted molar refractivity (Wildman–Crippen MR) is 161 cm³/mol. The molecule has 0 aliphatic heterocycles. The third-order valence-corrected chi connectivity index (χ3v) is 8.62. The fraction of sp³-hybridized carbons (Fsp3) is 0.333. The molecule has 0 heterocycles. The van der Waals surface area contributed by atoms with Crippen LogP contribution >= 0.6 is 23.2 Å². The first-order valence-corrected chi connectivity index (χ1v) is 15.3. The van der Waals surface area contributed by atoms with Crippen molar-refractivity contribution in [2.24, 2.45) is 5.92 Å². The normalized spacial score (nSPS) is 12.2. The first-order valence-electron chi connectivity index (χ1n) is 13.1. The summed E-state index contributed by atoms with van der Waals surface area (Å²) in [5.74, 6) is -0.627. The molecule has 1 N–H and O–H groups in total. The van der Waals surface area contributed by atoms with Crippen LogP contribution in [0.4, 0.5) is 5.69 Å². The Hall–Kier alpha value is -3.07. The number of sulfonamides is 1. The van der Waals surface area contributed by atoms with Crippen LogP contribution in [0.25, 0.3) is 0 Å². The first-order chi connectivity index (χ1) is 18.9. The van der Waals surface area contributed by atoms with Crippen LogP contribution in [0, 0.1) is 12.8 Å². The third kappa shape index (κ3) is 7.99. The van der Waals surface area contributed by atoms with E-state index < -0.39 is 28.5 Å². The molecule has 1 atom stereocenters. The predicted octanol–water partition coefficient (Wildman–Crippen LogP) is 6.08. The molecule has 3 rings (SSSR count). The molecule has 0 saturated heterocycles. The average molecular weight is 605 g/mol. The number of nitrogens with one attached hydrogen (secondary N) is 1. The molecule has 3 aromatic rings. The zero-order chi connectivity index (χ0) is 29.4. The SMILES string of the molecule is CC[C@@H](C(=O)NCC(C)C)N(Cc1cccc(C)c1)C(=O)CN(c1cc(Cl)ccc1Cl)S(=O)(=O)c1ccccc1. The van der Waals surface area contributed by atoms with Crippen molar-refractivity contribution in [3.8, 4) is 0 Å². The number of anilines is 1. The molecule has 0 saturated carbocycles. The van der Waals surface area contributed by atoms with Crippen molar-refractivity contribution in [1.29, 1.82) is 0 Å². The van der Waals surface area contributed by atoms with E-state index in [1.807, 2.05) is 52.0 Å². The number of carbonyl (C=O) groups excluding carboxylic acids is 2. The van der Waals surface area contributed by atoms with Crippen molar-refractivity contribution < 1.29 is 18.0 Å². The van der Waals surface area contributed by atoms with Gasteiger partial charge < -0.3 is 10.2 Å². The van der Waals surface area contributed by atoms with Gasteiger partial charge in [0, 0.05) is 18.1 Å². The fourth-order valence-electron chi connectivity index (χ4n) is 4.26. The van der Waals surface area contributed by atoms with Gasteiger partial charge in [0.25, 0.3) is 10.0 Å². The van der Waals surface area contributed by atoms with Crippen molar-refractivity contribution in [3.05, 3.63) is 94.0 Å². The van der Waals surface area contributed by atoms with Crippen molar-refractivity contribution in [3.63, 3.8) is 0 Å². The molecule has 0 aliphatic carbocycles. The summed E-state index contributed by atoms with van der Waals surface area (Å²) in [5, 5.41) is 3.29. The van der Waals surface area contributed by atoms with Crippen LogP contribution in [-0.2, 0) is 26.2 Å². The second kappa shape index (κ2) is 14.0. The molecule has 3 aromatic carbocycles. The summed E-state index contributed by atoms with van der Waals surface area (Å²) in [7, 11) is -4.23. The van der Waals surface area contributed by atoms with Crippen molar-refractivity contribution >= 4 is 50.7 Å². The van der Waals surface area contributed by atoms with E-state index in [1.54, 1.807) is 24.3 Å². The van der Waals surface area contributed by atoms with Gasteiger partial charge in [0.05, 0.1) is 15.6 Å². The lowest BCUT2D eigenvalue weighted by atomic mass is 10.1. The summed E-state index contributed by atoms with van der Waals surface area (Å²) in [5.41, 5.74) is 1.89. The lowest BCUT2D eigenvalue weighted by Crippen LogP contribution is -2.52. The van der Waals surface area contributed by atoms with E-state index in [1.165, 1.54) is 29.2 Å². The van der Waals surface area contributed by atoms with Gasteiger partial charge in [-0.05, 0) is 55.2 Å². The number of nitrogens with zero attached hydrogens (tertiary/aromatic N) is 2. The van der Waals surface area contributed by atoms with Gasteiger partial charge in [-0.25, -0.2) is 8.42 Å². The Bertz CT molecular complexity index is 1430. The molecular formula is C30H35Cl2N3O4S. The molecule has 2 amide bonds. The Morgan fingerprint density at radius 3 is 2.27 bits per heavy atom. The highest BCUT2D eigenvalue weighted by molar-refractivity contribution is 7.92. The quantitative estimate of drug-likeness (QED) is 0.272. The minimum atomic E-state index is -4.23. The van der Waals surface area contributed by atoms with Gasteiger partial charge in [-0.1, -0.05) is 92.0 Å². The van der Waals surface area contributed by atoms with Crippen molar-refractivity contribution in [2.45, 2.75) is 51.6 Å². The molecule has 7 nitrogen and oxygen atoms in total. The maximum absolute atomic E-state index is 14.1. The van der Waals surface area contributed by atoms with Gasteiger partial charge in [0.15, 0.2) is 0 Å². The van der Waals surface area contributed by atoms with Gasteiger partial charge >= 0.3 is 0 Å². The lowest BCUT2D eigenvalue weighted by molar-refractivity contribution is -0.140. The summed E-state index contributed by atoms with van der Waals surface area (Å²) in [4.78, 5) is 28.8. The zero-order valence-electron chi connectivity index (χ0n) is 23.1. The fourth-order valence-corrected chi connectivity index (χ4v) is 6.14. The maximum atomic E-state index is 14.1. The minimum absolute atomic E-state index is 0.00852. The molecule has 0 unspecified atom stereocenters. The van der Waals surface area contributed by atoms with Crippen molar-refractivity contribution in [2.75, 3.05) is 17.4 Å². The number of carbonyl (C=O) groups is 2. The summed E-state index contributed by atoms with van der Waals surface area (Å²) in [6, 6.07) is 19.0. The first kappa shape index (κ1) is 31.5. The molecule has 0 radical (unpaired) electrons. The van der Waals surface area contributed by atoms with Gasteiger partial charge in [-0.3, -0.25) is 13.9 Å². The molecular weight excluding hydrogens is 569 g/mol. The second-order valence-corrected chi connectivity index (χ2v) is 12.7. The second-order valence-electron chi connectivity index (χ2n) is 9.99. The lowest BCUT2D eigenvalue weighted by Gasteiger charge is -2.33. The number of amides is 2. The third-order valence-electron chi connectivity index (χ3n) is 6.29. The van der Waals surface area contributed by atoms with Gasteiger partial charge in [0.1, 0.15) is 12.6 Å². The van der Waals surface area contributed by atoms with Crippen LogP contribution in [0.2, 0.25) is 10.0 Å². The minimum Gasteiger partial charge on any atom is -0.354 e. The zero-order valence-corrected chi connectivity index (χ0v) is 25.4. The van der Waals surface area contributed by atoms with Gasteiger partial charge in [-0.15, -0.1) is 0 Å². The molecule has 40 heavy (non-hydrogen) atoms. The molecule has 0 spiro atoms. The van der Waals surface area contributed by atoms with Crippen molar-refractivity contribution in [1.82, 2.24) is 10.2 Å². The van der Waals surface area contributed by atoms with Crippen LogP contribution < -0.4 is 9.62 Å². The monoisotopic (exact) mass is 603 g/mol. The van der Waals surface area contributed by atoms with E-state index in [9.17, 15) is 18.0 Å². The topological polar surface area (TPSA) is 86.8 Å². The van der Waals surface area contributed by atoms with E-state index >= 15 is 0 Å². The highest BCUT2D eigenvalue weighted by atomic mass is 35.5. The molecule has 0 aromatic heterocycles. The van der Waals surface area contributed by atoms with Crippen LogP contribution in [0.5, 0.6) is 0 Å². The van der Waals surface area contributed by atoms with E-state index in [4.69, 9.17) is 23.2 Å². The van der Waals surface area contributed by atoms with Crippen LogP contribution in [0.15, 0.2) is 77.7 Å². The maximum Gasteiger partial charge on any atom is 0.264 e. The number of hydrogen-bond donors (Lipinski definition) is 1.